The summed E-state index contributed by atoms with van der Waals surface area (Å²) in [6.07, 6.45) is 10.2. The van der Waals surface area contributed by atoms with Gasteiger partial charge in [0.05, 0.1) is 29.2 Å². The molecule has 2 amide bonds. The van der Waals surface area contributed by atoms with Crippen LogP contribution < -0.4 is 10.6 Å². The van der Waals surface area contributed by atoms with Gasteiger partial charge in [-0.3, -0.25) is 38.8 Å². The zero-order valence-corrected chi connectivity index (χ0v) is 43.1. The number of piperidine rings is 2. The average Bonchev–Trinajstić information content (AvgIpc) is 4.13. The molecule has 12 nitrogen and oxygen atoms in total. The van der Waals surface area contributed by atoms with E-state index in [0.29, 0.717) is 31.2 Å². The molecule has 4 heterocycles. The lowest BCUT2D eigenvalue weighted by Crippen LogP contribution is -2.53. The molecule has 2 aliphatic carbocycles. The number of rotatable bonds is 16. The number of allylic oxidation sites excluding steroid dienone is 2. The van der Waals surface area contributed by atoms with Crippen molar-refractivity contribution in [3.8, 4) is 0 Å². The molecule has 71 heavy (non-hydrogen) atoms. The molecule has 2 aromatic carbocycles. The Kier molecular flexibility index (Phi) is 18.4. The molecule has 8 rings (SSSR count). The Morgan fingerprint density at radius 2 is 1.07 bits per heavy atom. The highest BCUT2D eigenvalue weighted by molar-refractivity contribution is 6.31. The number of carbonyl (C=O) groups is 4. The van der Waals surface area contributed by atoms with Gasteiger partial charge in [-0.1, -0.05) is 78.5 Å². The second-order valence-corrected chi connectivity index (χ2v) is 22.3. The van der Waals surface area contributed by atoms with Crippen molar-refractivity contribution in [2.24, 2.45) is 22.7 Å². The third-order valence-electron chi connectivity index (χ3n) is 16.3. The first kappa shape index (κ1) is 54.8. The summed E-state index contributed by atoms with van der Waals surface area (Å²) in [6, 6.07) is 9.59. The van der Waals surface area contributed by atoms with Crippen molar-refractivity contribution in [3.05, 3.63) is 92.0 Å². The van der Waals surface area contributed by atoms with Gasteiger partial charge in [-0.05, 0) is 118 Å². The monoisotopic (exact) mass is 1030 g/mol. The van der Waals surface area contributed by atoms with Gasteiger partial charge < -0.3 is 20.8 Å². The first-order valence-corrected chi connectivity index (χ1v) is 26.4. The van der Waals surface area contributed by atoms with E-state index in [9.17, 15) is 42.6 Å². The Bertz CT molecular complexity index is 2280. The van der Waals surface area contributed by atoms with Crippen molar-refractivity contribution in [1.82, 2.24) is 30.2 Å². The number of alkyl halides is 3. The number of benzene rings is 2. The van der Waals surface area contributed by atoms with Crippen LogP contribution in [0.3, 0.4) is 0 Å². The van der Waals surface area contributed by atoms with Crippen LogP contribution in [0.25, 0.3) is 0 Å². The summed E-state index contributed by atoms with van der Waals surface area (Å²) in [4.78, 5) is 59.7. The van der Waals surface area contributed by atoms with E-state index < -0.39 is 34.5 Å². The number of hydrogen-bond donors (Lipinski definition) is 4. The number of carboxylic acids is 2. The van der Waals surface area contributed by atoms with Gasteiger partial charge in [0.15, 0.2) is 0 Å². The van der Waals surface area contributed by atoms with Crippen molar-refractivity contribution in [3.63, 3.8) is 0 Å². The molecule has 0 spiro atoms. The van der Waals surface area contributed by atoms with Gasteiger partial charge in [-0.2, -0.15) is 13.2 Å². The largest absolute Gasteiger partial charge is 0.481 e. The molecule has 0 unspecified atom stereocenters. The van der Waals surface area contributed by atoms with E-state index in [1.165, 1.54) is 43.4 Å². The normalized spacial score (nSPS) is 26.2. The maximum atomic E-state index is 13.6. The smallest absolute Gasteiger partial charge is 0.416 e. The summed E-state index contributed by atoms with van der Waals surface area (Å²) in [6.45, 7) is 13.5. The first-order chi connectivity index (χ1) is 33.7. The molecule has 4 aliphatic heterocycles. The maximum Gasteiger partial charge on any atom is 0.416 e. The number of aryl methyl sites for hydroxylation is 1. The van der Waals surface area contributed by atoms with E-state index in [-0.39, 0.29) is 72.3 Å². The van der Waals surface area contributed by atoms with Crippen LogP contribution in [0.1, 0.15) is 113 Å². The van der Waals surface area contributed by atoms with Gasteiger partial charge >= 0.3 is 18.1 Å². The molecular weight excluding hydrogens is 957 g/mol. The SMILES string of the molecule is C[C@H]1CN(Cc2c(Cl)cccc2C(F)(F)F)C[C@@]1(CC(=O)O)C(=O)NC1CCN(CC2=CCCC2)CC1.Cc1cccc(Cl)c1CN1C[C@H](C)[C@](CC(=O)O)(C(=O)NC2CCN(CC3=CCCC3)CC2)C1. The van der Waals surface area contributed by atoms with Crippen LogP contribution in [0, 0.1) is 29.6 Å². The maximum absolute atomic E-state index is 13.6. The van der Waals surface area contributed by atoms with Crippen molar-refractivity contribution < 1.29 is 42.6 Å². The fourth-order valence-electron chi connectivity index (χ4n) is 12.1. The minimum Gasteiger partial charge on any atom is -0.481 e. The molecule has 4 saturated heterocycles. The van der Waals surface area contributed by atoms with E-state index in [4.69, 9.17) is 23.2 Å². The van der Waals surface area contributed by atoms with Gasteiger partial charge in [0.1, 0.15) is 0 Å². The minimum absolute atomic E-state index is 0.00258. The highest BCUT2D eigenvalue weighted by atomic mass is 35.5. The quantitative estimate of drug-likeness (QED) is 0.120. The van der Waals surface area contributed by atoms with Crippen molar-refractivity contribution in [2.45, 2.75) is 129 Å². The molecule has 0 bridgehead atoms. The highest BCUT2D eigenvalue weighted by Gasteiger charge is 2.53. The summed E-state index contributed by atoms with van der Waals surface area (Å²) in [7, 11) is 0. The lowest BCUT2D eigenvalue weighted by Gasteiger charge is -2.36. The van der Waals surface area contributed by atoms with Crippen LogP contribution in [0.4, 0.5) is 13.2 Å². The van der Waals surface area contributed by atoms with Crippen LogP contribution in [-0.2, 0) is 38.4 Å². The van der Waals surface area contributed by atoms with Crippen LogP contribution in [0.5, 0.6) is 0 Å². The second-order valence-electron chi connectivity index (χ2n) is 21.5. The topological polar surface area (TPSA) is 146 Å². The summed E-state index contributed by atoms with van der Waals surface area (Å²) < 4.78 is 40.8. The van der Waals surface area contributed by atoms with Crippen LogP contribution in [-0.4, -0.2) is 131 Å². The standard InChI is InChI=1S/C27H35ClF3N3O3.C27H38ClN3O3/c1-18-14-34(16-21-22(27(29,30)31)7-4-8-23(21)28)17-26(18,13-24(35)36)25(37)32-20-9-11-33(12-10-20)15-19-5-2-3-6-19;1-19-6-5-9-24(28)23(19)17-31-15-20(2)27(18-31,14-25(32)33)26(34)29-22-10-12-30(13-11-22)16-21-7-3-4-8-21/h4-5,7-8,18,20H,2-3,6,9-17H2,1H3,(H,32,37)(H,35,36);5-7,9,20,22H,3-4,8,10-18H2,1-2H3,(H,29,34)(H,32,33)/t18-,26+;20-,27+/m00/s1. The summed E-state index contributed by atoms with van der Waals surface area (Å²) >= 11 is 12.6. The van der Waals surface area contributed by atoms with E-state index in [2.05, 4.69) is 37.5 Å². The van der Waals surface area contributed by atoms with Gasteiger partial charge in [0.25, 0.3) is 0 Å². The van der Waals surface area contributed by atoms with Crippen LogP contribution in [0.2, 0.25) is 10.0 Å². The van der Waals surface area contributed by atoms with Gasteiger partial charge in [0.2, 0.25) is 11.8 Å². The molecule has 0 radical (unpaired) electrons. The average molecular weight is 1030 g/mol. The Morgan fingerprint density at radius 1 is 0.648 bits per heavy atom. The van der Waals surface area contributed by atoms with E-state index in [0.717, 1.165) is 95.0 Å². The molecule has 6 aliphatic rings. The number of carbonyl (C=O) groups excluding carboxylic acids is 2. The second kappa shape index (κ2) is 23.9. The van der Waals surface area contributed by atoms with E-state index in [1.54, 1.807) is 17.4 Å². The third kappa shape index (κ3) is 13.8. The summed E-state index contributed by atoms with van der Waals surface area (Å²) in [5.74, 6) is -2.85. The third-order valence-corrected chi connectivity index (χ3v) is 17.0. The number of carboxylic acid groups (broad SMARTS) is 2. The van der Waals surface area contributed by atoms with Crippen LogP contribution in [0.15, 0.2) is 59.7 Å². The zero-order valence-electron chi connectivity index (χ0n) is 41.6. The zero-order chi connectivity index (χ0) is 51.1. The van der Waals surface area contributed by atoms with Gasteiger partial charge in [-0.25, -0.2) is 0 Å². The Balaban J connectivity index is 0.000000209. The molecule has 0 aromatic heterocycles. The fraction of sp³-hybridized carbons (Fsp3) is 0.630. The summed E-state index contributed by atoms with van der Waals surface area (Å²) in [5.41, 5.74) is 2.18. The predicted octanol–water partition coefficient (Wildman–Crippen LogP) is 9.21. The molecule has 390 valence electrons. The van der Waals surface area contributed by atoms with E-state index in [1.807, 2.05) is 32.0 Å². The highest BCUT2D eigenvalue weighted by Crippen LogP contribution is 2.44. The van der Waals surface area contributed by atoms with Crippen molar-refractivity contribution in [1.29, 1.82) is 0 Å². The Morgan fingerprint density at radius 3 is 1.46 bits per heavy atom. The molecule has 0 saturated carbocycles. The molecule has 17 heteroatoms. The van der Waals surface area contributed by atoms with Gasteiger partial charge in [-0.15, -0.1) is 0 Å². The predicted molar refractivity (Wildman–Crippen MR) is 270 cm³/mol. The number of amides is 2. The number of aliphatic carboxylic acids is 2. The molecule has 4 fully saturated rings. The first-order valence-electron chi connectivity index (χ1n) is 25.6. The molecule has 4 atom stereocenters. The molecule has 2 aromatic rings. The minimum atomic E-state index is -4.57. The number of likely N-dealkylation sites (tertiary alicyclic amines) is 4. The Hall–Kier alpha value is -3.99. The van der Waals surface area contributed by atoms with Crippen LogP contribution >= 0.6 is 23.2 Å². The molecular formula is C54H73Cl2F3N6O6. The molecule has 4 N–H and O–H groups in total. The summed E-state index contributed by atoms with van der Waals surface area (Å²) in [5, 5.41) is 26.5. The van der Waals surface area contributed by atoms with E-state index >= 15 is 0 Å². The fourth-order valence-corrected chi connectivity index (χ4v) is 12.6. The van der Waals surface area contributed by atoms with Crippen molar-refractivity contribution in [2.75, 3.05) is 65.4 Å². The number of nitrogens with zero attached hydrogens (tertiary/aromatic N) is 4. The number of hydrogen-bond acceptors (Lipinski definition) is 8. The Labute approximate surface area is 427 Å². The van der Waals surface area contributed by atoms with Crippen molar-refractivity contribution >= 4 is 47.0 Å². The lowest BCUT2D eigenvalue weighted by atomic mass is 9.75. The van der Waals surface area contributed by atoms with Gasteiger partial charge in [0, 0.05) is 101 Å². The lowest BCUT2D eigenvalue weighted by molar-refractivity contribution is -0.147. The number of halogens is 5. The number of nitrogens with one attached hydrogen (secondary N) is 2.